The van der Waals surface area contributed by atoms with Gasteiger partial charge in [-0.25, -0.2) is 0 Å². The molecule has 96 valence electrons. The number of pyridine rings is 1. The molecule has 0 aliphatic rings. The van der Waals surface area contributed by atoms with Gasteiger partial charge in [0, 0.05) is 22.7 Å². The van der Waals surface area contributed by atoms with Gasteiger partial charge in [0.05, 0.1) is 5.48 Å². The van der Waals surface area contributed by atoms with Crippen LogP contribution in [-0.2, 0) is 6.42 Å². The van der Waals surface area contributed by atoms with Gasteiger partial charge in [-0.3, -0.25) is 4.79 Å². The van der Waals surface area contributed by atoms with Gasteiger partial charge in [0.15, 0.2) is 5.43 Å². The summed E-state index contributed by atoms with van der Waals surface area (Å²) in [6, 6.07) is 0.333. The number of aryl methyl sites for hydroxylation is 1. The summed E-state index contributed by atoms with van der Waals surface area (Å²) in [5, 5.41) is 0.0423. The molecule has 0 aliphatic heterocycles. The minimum atomic E-state index is -0.365. The standard InChI is InChI=1S/C16H21NO/c1-2-3-4-5-6-9-13-12-16(18)14-10-7-8-11-15(14)17-13/h7-8,10-12H,2-6,9H2,1H3,(H,17,18)/i7D,8D,10D,11D. The Morgan fingerprint density at radius 3 is 2.78 bits per heavy atom. The van der Waals surface area contributed by atoms with Crippen LogP contribution in [0.5, 0.6) is 0 Å². The molecule has 0 radical (unpaired) electrons. The van der Waals surface area contributed by atoms with E-state index < -0.39 is 0 Å². The van der Waals surface area contributed by atoms with Crippen LogP contribution in [0.4, 0.5) is 0 Å². The van der Waals surface area contributed by atoms with Crippen molar-refractivity contribution in [2.24, 2.45) is 0 Å². The van der Waals surface area contributed by atoms with Gasteiger partial charge in [-0.1, -0.05) is 44.7 Å². The first-order valence-electron chi connectivity index (χ1n) is 8.59. The third-order valence-electron chi connectivity index (χ3n) is 3.07. The maximum Gasteiger partial charge on any atom is 0.189 e. The SMILES string of the molecule is [2H]c1c([2H])c([2H])c2c(=O)cc(CCCCCCC)[nH]c2c1[2H]. The van der Waals surface area contributed by atoms with E-state index in [9.17, 15) is 4.79 Å². The molecule has 2 nitrogen and oxygen atoms in total. The Morgan fingerprint density at radius 1 is 1.17 bits per heavy atom. The van der Waals surface area contributed by atoms with Crippen molar-refractivity contribution < 1.29 is 5.48 Å². The van der Waals surface area contributed by atoms with Gasteiger partial charge in [0.1, 0.15) is 0 Å². The molecule has 2 rings (SSSR count). The van der Waals surface area contributed by atoms with E-state index in [1.807, 2.05) is 0 Å². The van der Waals surface area contributed by atoms with Crippen LogP contribution in [0.3, 0.4) is 0 Å². The largest absolute Gasteiger partial charge is 0.358 e. The molecule has 0 saturated heterocycles. The lowest BCUT2D eigenvalue weighted by molar-refractivity contribution is 0.628. The highest BCUT2D eigenvalue weighted by Crippen LogP contribution is 2.10. The lowest BCUT2D eigenvalue weighted by atomic mass is 10.1. The molecule has 1 N–H and O–H groups in total. The van der Waals surface area contributed by atoms with E-state index in [0.29, 0.717) is 0 Å². The first kappa shape index (κ1) is 8.52. The molecule has 0 aliphatic carbocycles. The zero-order chi connectivity index (χ0) is 16.3. The Morgan fingerprint density at radius 2 is 1.94 bits per heavy atom. The molecule has 0 bridgehead atoms. The second kappa shape index (κ2) is 6.39. The highest BCUT2D eigenvalue weighted by Gasteiger charge is 2.01. The molecule has 0 saturated carbocycles. The smallest absolute Gasteiger partial charge is 0.189 e. The minimum absolute atomic E-state index is 0.0423. The summed E-state index contributed by atoms with van der Waals surface area (Å²) < 4.78 is 31.1. The van der Waals surface area contributed by atoms with Crippen molar-refractivity contribution in [2.45, 2.75) is 45.4 Å². The summed E-state index contributed by atoms with van der Waals surface area (Å²) in [5.74, 6) is 0. The summed E-state index contributed by atoms with van der Waals surface area (Å²) in [5.41, 5.74) is 0.602. The van der Waals surface area contributed by atoms with Gasteiger partial charge in [0.2, 0.25) is 0 Å². The summed E-state index contributed by atoms with van der Waals surface area (Å²) in [6.07, 6.45) is 6.35. The van der Waals surface area contributed by atoms with Crippen molar-refractivity contribution in [3.8, 4) is 0 Å². The number of unbranched alkanes of at least 4 members (excludes halogenated alkanes) is 4. The lowest BCUT2D eigenvalue weighted by Gasteiger charge is -2.04. The molecule has 1 aromatic carbocycles. The zero-order valence-electron chi connectivity index (χ0n) is 14.7. The lowest BCUT2D eigenvalue weighted by Crippen LogP contribution is -2.05. The quantitative estimate of drug-likeness (QED) is 0.768. The number of benzene rings is 1. The molecule has 2 aromatic rings. The third kappa shape index (κ3) is 3.22. The molecule has 0 unspecified atom stereocenters. The first-order valence-corrected chi connectivity index (χ1v) is 6.59. The Hall–Kier alpha value is -1.57. The van der Waals surface area contributed by atoms with Crippen LogP contribution in [0.2, 0.25) is 0 Å². The number of nitrogens with one attached hydrogen (secondary N) is 1. The molecule has 1 aromatic heterocycles. The summed E-state index contributed by atoms with van der Waals surface area (Å²) in [6.45, 7) is 2.16. The maximum atomic E-state index is 12.2. The number of aromatic amines is 1. The molecular formula is C16H21NO. The van der Waals surface area contributed by atoms with E-state index in [0.717, 1.165) is 25.0 Å². The van der Waals surface area contributed by atoms with Gasteiger partial charge in [-0.05, 0) is 24.9 Å². The number of hydrogen-bond donors (Lipinski definition) is 1. The van der Waals surface area contributed by atoms with Crippen LogP contribution in [0, 0.1) is 0 Å². The molecule has 1 heterocycles. The molecule has 0 fully saturated rings. The van der Waals surface area contributed by atoms with Crippen LogP contribution in [-0.4, -0.2) is 4.98 Å². The maximum absolute atomic E-state index is 12.2. The van der Waals surface area contributed by atoms with Crippen molar-refractivity contribution in [3.63, 3.8) is 0 Å². The molecular weight excluding hydrogens is 222 g/mol. The van der Waals surface area contributed by atoms with E-state index in [2.05, 4.69) is 11.9 Å². The van der Waals surface area contributed by atoms with Gasteiger partial charge >= 0.3 is 0 Å². The fourth-order valence-corrected chi connectivity index (χ4v) is 2.07. The summed E-state index contributed by atoms with van der Waals surface area (Å²) in [4.78, 5) is 15.2. The first-order chi connectivity index (χ1) is 10.5. The highest BCUT2D eigenvalue weighted by molar-refractivity contribution is 5.78. The number of rotatable bonds is 6. The van der Waals surface area contributed by atoms with Crippen LogP contribution < -0.4 is 5.43 Å². The topological polar surface area (TPSA) is 32.9 Å². The zero-order valence-corrected chi connectivity index (χ0v) is 10.7. The van der Waals surface area contributed by atoms with E-state index in [-0.39, 0.29) is 40.5 Å². The minimum Gasteiger partial charge on any atom is -0.358 e. The fraction of sp³-hybridized carbons (Fsp3) is 0.438. The molecule has 0 amide bonds. The van der Waals surface area contributed by atoms with E-state index in [1.54, 1.807) is 0 Å². The number of aromatic nitrogens is 1. The number of fused-ring (bicyclic) bond motifs is 1. The van der Waals surface area contributed by atoms with Crippen molar-refractivity contribution in [1.82, 2.24) is 4.98 Å². The second-order valence-corrected chi connectivity index (χ2v) is 4.57. The van der Waals surface area contributed by atoms with Crippen molar-refractivity contribution in [1.29, 1.82) is 0 Å². The van der Waals surface area contributed by atoms with Crippen molar-refractivity contribution in [3.05, 3.63) is 46.2 Å². The number of H-pyrrole nitrogens is 1. The number of hydrogen-bond acceptors (Lipinski definition) is 1. The summed E-state index contributed by atoms with van der Waals surface area (Å²) >= 11 is 0. The number of para-hydroxylation sites is 1. The van der Waals surface area contributed by atoms with Gasteiger partial charge < -0.3 is 4.98 Å². The van der Waals surface area contributed by atoms with Crippen LogP contribution in [0.25, 0.3) is 10.9 Å². The van der Waals surface area contributed by atoms with Crippen LogP contribution in [0.1, 0.15) is 50.2 Å². The van der Waals surface area contributed by atoms with Gasteiger partial charge in [-0.15, -0.1) is 0 Å². The molecule has 0 atom stereocenters. The predicted octanol–water partition coefficient (Wildman–Crippen LogP) is 4.04. The Balaban J connectivity index is 2.35. The predicted molar refractivity (Wildman–Crippen MR) is 77.0 cm³/mol. The molecule has 0 spiro atoms. The van der Waals surface area contributed by atoms with Crippen molar-refractivity contribution >= 4 is 10.9 Å². The van der Waals surface area contributed by atoms with Gasteiger partial charge in [-0.2, -0.15) is 0 Å². The molecule has 2 heteroatoms. The normalized spacial score (nSPS) is 14.1. The van der Waals surface area contributed by atoms with E-state index in [1.165, 1.54) is 25.3 Å². The second-order valence-electron chi connectivity index (χ2n) is 4.57. The van der Waals surface area contributed by atoms with E-state index >= 15 is 0 Å². The highest BCUT2D eigenvalue weighted by atomic mass is 16.1. The van der Waals surface area contributed by atoms with Crippen LogP contribution >= 0.6 is 0 Å². The summed E-state index contributed by atoms with van der Waals surface area (Å²) in [7, 11) is 0. The van der Waals surface area contributed by atoms with Crippen molar-refractivity contribution in [2.75, 3.05) is 0 Å². The average molecular weight is 247 g/mol. The van der Waals surface area contributed by atoms with E-state index in [4.69, 9.17) is 5.48 Å². The average Bonchev–Trinajstić information content (AvgIpc) is 2.50. The third-order valence-corrected chi connectivity index (χ3v) is 3.07. The van der Waals surface area contributed by atoms with Gasteiger partial charge in [0.25, 0.3) is 0 Å². The monoisotopic (exact) mass is 247 g/mol. The van der Waals surface area contributed by atoms with Crippen LogP contribution in [0.15, 0.2) is 35.0 Å². The Kier molecular flexibility index (Phi) is 3.02. The fourth-order valence-electron chi connectivity index (χ4n) is 2.07. The Bertz CT molecular complexity index is 739. The Labute approximate surface area is 114 Å². The molecule has 18 heavy (non-hydrogen) atoms.